The number of ether oxygens (including phenoxy) is 2. The molecule has 8 nitrogen and oxygen atoms in total. The van der Waals surface area contributed by atoms with Crippen molar-refractivity contribution < 1.29 is 32.0 Å². The standard InChI is InChI=1S/C20H17F3N4O4/c1-2-29-7-8-30-16-5-4-14(19-24-11-17(27-19)20(21,22)23)9-15(16)26-18(28)6-3-13-10-25-31-12-13/h4-5,9-12H,2,7-8H2,1H3,(H,24,27)(H,26,28). The molecule has 0 aliphatic rings. The highest BCUT2D eigenvalue weighted by atomic mass is 19.4. The zero-order valence-electron chi connectivity index (χ0n) is 16.2. The van der Waals surface area contributed by atoms with Crippen molar-refractivity contribution >= 4 is 11.6 Å². The molecule has 31 heavy (non-hydrogen) atoms. The van der Waals surface area contributed by atoms with E-state index in [1.807, 2.05) is 6.92 Å². The molecule has 0 atom stereocenters. The fourth-order valence-electron chi connectivity index (χ4n) is 2.42. The van der Waals surface area contributed by atoms with Crippen molar-refractivity contribution in [1.29, 1.82) is 0 Å². The fourth-order valence-corrected chi connectivity index (χ4v) is 2.42. The first-order valence-electron chi connectivity index (χ1n) is 9.06. The topological polar surface area (TPSA) is 102 Å². The molecule has 0 bridgehead atoms. The Kier molecular flexibility index (Phi) is 6.94. The minimum atomic E-state index is -4.55. The van der Waals surface area contributed by atoms with Crippen molar-refractivity contribution in [1.82, 2.24) is 15.1 Å². The molecular weight excluding hydrogens is 417 g/mol. The summed E-state index contributed by atoms with van der Waals surface area (Å²) in [5, 5.41) is 6.05. The Morgan fingerprint density at radius 3 is 2.81 bits per heavy atom. The van der Waals surface area contributed by atoms with Gasteiger partial charge in [-0.2, -0.15) is 13.2 Å². The molecule has 0 spiro atoms. The molecule has 0 radical (unpaired) electrons. The van der Waals surface area contributed by atoms with Gasteiger partial charge in [0.25, 0.3) is 0 Å². The second-order valence-electron chi connectivity index (χ2n) is 6.02. The number of carbonyl (C=O) groups excluding carboxylic acids is 1. The third-order valence-corrected chi connectivity index (χ3v) is 3.82. The van der Waals surface area contributed by atoms with Gasteiger partial charge in [0, 0.05) is 18.1 Å². The first-order chi connectivity index (χ1) is 14.9. The Bertz CT molecular complexity index is 1080. The first-order valence-corrected chi connectivity index (χ1v) is 9.06. The summed E-state index contributed by atoms with van der Waals surface area (Å²) in [6, 6.07) is 4.47. The number of anilines is 1. The van der Waals surface area contributed by atoms with Crippen molar-refractivity contribution in [2.45, 2.75) is 13.1 Å². The highest BCUT2D eigenvalue weighted by molar-refractivity contribution is 6.05. The van der Waals surface area contributed by atoms with Crippen molar-refractivity contribution in [3.8, 4) is 29.0 Å². The second-order valence-corrected chi connectivity index (χ2v) is 6.02. The van der Waals surface area contributed by atoms with E-state index in [2.05, 4.69) is 36.8 Å². The summed E-state index contributed by atoms with van der Waals surface area (Å²) < 4.78 is 54.0. The Labute approximate surface area is 174 Å². The highest BCUT2D eigenvalue weighted by Crippen LogP contribution is 2.32. The van der Waals surface area contributed by atoms with Gasteiger partial charge in [-0.1, -0.05) is 11.1 Å². The Morgan fingerprint density at radius 2 is 2.13 bits per heavy atom. The number of amides is 1. The third-order valence-electron chi connectivity index (χ3n) is 3.82. The molecule has 3 rings (SSSR count). The van der Waals surface area contributed by atoms with Crippen LogP contribution in [0.25, 0.3) is 11.4 Å². The number of hydrogen-bond donors (Lipinski definition) is 2. The normalized spacial score (nSPS) is 11.0. The Morgan fingerprint density at radius 1 is 1.29 bits per heavy atom. The molecule has 0 fully saturated rings. The first kappa shape index (κ1) is 21.9. The summed E-state index contributed by atoms with van der Waals surface area (Å²) in [6.07, 6.45) is -1.23. The number of aromatic amines is 1. The van der Waals surface area contributed by atoms with Gasteiger partial charge >= 0.3 is 12.1 Å². The maximum absolute atomic E-state index is 12.8. The second kappa shape index (κ2) is 9.82. The maximum atomic E-state index is 12.8. The molecule has 0 unspecified atom stereocenters. The predicted octanol–water partition coefficient (Wildman–Crippen LogP) is 3.49. The molecule has 3 aromatic rings. The Balaban J connectivity index is 1.84. The van der Waals surface area contributed by atoms with E-state index in [0.717, 1.165) is 0 Å². The Hall–Kier alpha value is -3.78. The summed E-state index contributed by atoms with van der Waals surface area (Å²) in [5.41, 5.74) is -0.0457. The van der Waals surface area contributed by atoms with Crippen LogP contribution in [0, 0.1) is 11.8 Å². The zero-order valence-corrected chi connectivity index (χ0v) is 16.2. The van der Waals surface area contributed by atoms with Gasteiger partial charge in [0.2, 0.25) is 0 Å². The van der Waals surface area contributed by atoms with Gasteiger partial charge in [0.05, 0.1) is 30.3 Å². The van der Waals surface area contributed by atoms with Gasteiger partial charge in [-0.15, -0.1) is 0 Å². The number of imidazole rings is 1. The number of H-pyrrole nitrogens is 1. The van der Waals surface area contributed by atoms with Crippen LogP contribution in [0.2, 0.25) is 0 Å². The van der Waals surface area contributed by atoms with E-state index in [1.54, 1.807) is 0 Å². The van der Waals surface area contributed by atoms with Crippen LogP contribution in [0.1, 0.15) is 18.2 Å². The number of hydrogen-bond acceptors (Lipinski definition) is 6. The van der Waals surface area contributed by atoms with Gasteiger partial charge in [-0.05, 0) is 25.1 Å². The maximum Gasteiger partial charge on any atom is 0.432 e. The van der Waals surface area contributed by atoms with Gasteiger partial charge in [-0.25, -0.2) is 4.98 Å². The highest BCUT2D eigenvalue weighted by Gasteiger charge is 2.33. The van der Waals surface area contributed by atoms with Gasteiger partial charge < -0.3 is 24.3 Å². The van der Waals surface area contributed by atoms with Crippen LogP contribution in [0.5, 0.6) is 5.75 Å². The van der Waals surface area contributed by atoms with E-state index in [9.17, 15) is 18.0 Å². The number of nitrogens with one attached hydrogen (secondary N) is 2. The fraction of sp³-hybridized carbons (Fsp3) is 0.250. The molecular formula is C20H17F3N4O4. The van der Waals surface area contributed by atoms with Gasteiger partial charge in [-0.3, -0.25) is 4.79 Å². The molecule has 0 saturated carbocycles. The van der Waals surface area contributed by atoms with Crippen LogP contribution in [0.15, 0.2) is 41.4 Å². The smallest absolute Gasteiger partial charge is 0.432 e. The SMILES string of the molecule is CCOCCOc1ccc(-c2ncc(C(F)(F)F)[nH]2)cc1NC(=O)C#Cc1cnoc1. The number of carbonyl (C=O) groups is 1. The number of nitrogens with zero attached hydrogens (tertiary/aromatic N) is 2. The molecule has 0 aliphatic heterocycles. The van der Waals surface area contributed by atoms with Crippen LogP contribution in [-0.2, 0) is 15.7 Å². The third kappa shape index (κ3) is 6.10. The summed E-state index contributed by atoms with van der Waals surface area (Å²) in [4.78, 5) is 18.2. The minimum absolute atomic E-state index is 0.0146. The zero-order chi connectivity index (χ0) is 22.3. The molecule has 0 saturated heterocycles. The minimum Gasteiger partial charge on any atom is -0.489 e. The monoisotopic (exact) mass is 434 g/mol. The van der Waals surface area contributed by atoms with E-state index >= 15 is 0 Å². The average molecular weight is 434 g/mol. The molecule has 2 N–H and O–H groups in total. The van der Waals surface area contributed by atoms with Crippen LogP contribution in [0.4, 0.5) is 18.9 Å². The average Bonchev–Trinajstić information content (AvgIpc) is 3.42. The van der Waals surface area contributed by atoms with Crippen LogP contribution in [-0.4, -0.2) is 40.9 Å². The number of benzene rings is 1. The quantitative estimate of drug-likeness (QED) is 0.436. The van der Waals surface area contributed by atoms with E-state index in [0.29, 0.717) is 36.3 Å². The lowest BCUT2D eigenvalue weighted by Gasteiger charge is -2.13. The summed E-state index contributed by atoms with van der Waals surface area (Å²) >= 11 is 0. The molecule has 2 heterocycles. The number of halogens is 3. The van der Waals surface area contributed by atoms with Crippen LogP contribution in [0.3, 0.4) is 0 Å². The molecule has 11 heteroatoms. The molecule has 2 aromatic heterocycles. The summed E-state index contributed by atoms with van der Waals surface area (Å²) in [6.45, 7) is 2.89. The van der Waals surface area contributed by atoms with Crippen molar-refractivity contribution in [3.05, 3.63) is 48.1 Å². The van der Waals surface area contributed by atoms with Crippen molar-refractivity contribution in [2.24, 2.45) is 0 Å². The van der Waals surface area contributed by atoms with Gasteiger partial charge in [0.15, 0.2) is 0 Å². The van der Waals surface area contributed by atoms with E-state index < -0.39 is 17.8 Å². The van der Waals surface area contributed by atoms with Crippen LogP contribution >= 0.6 is 0 Å². The van der Waals surface area contributed by atoms with Crippen molar-refractivity contribution in [2.75, 3.05) is 25.1 Å². The molecule has 1 amide bonds. The van der Waals surface area contributed by atoms with Crippen molar-refractivity contribution in [3.63, 3.8) is 0 Å². The molecule has 162 valence electrons. The largest absolute Gasteiger partial charge is 0.489 e. The lowest BCUT2D eigenvalue weighted by Crippen LogP contribution is -2.12. The number of alkyl halides is 3. The van der Waals surface area contributed by atoms with E-state index in [1.165, 1.54) is 30.7 Å². The number of rotatable bonds is 7. The molecule has 1 aromatic carbocycles. The number of aromatic nitrogens is 3. The lowest BCUT2D eigenvalue weighted by atomic mass is 10.1. The molecule has 0 aliphatic carbocycles. The predicted molar refractivity (Wildman–Crippen MR) is 103 cm³/mol. The summed E-state index contributed by atoms with van der Waals surface area (Å²) in [5.74, 6) is 4.55. The van der Waals surface area contributed by atoms with Crippen LogP contribution < -0.4 is 10.1 Å². The lowest BCUT2D eigenvalue weighted by molar-refractivity contribution is -0.140. The van der Waals surface area contributed by atoms with Gasteiger partial charge in [0.1, 0.15) is 30.1 Å². The van der Waals surface area contributed by atoms with E-state index in [4.69, 9.17) is 9.47 Å². The van der Waals surface area contributed by atoms with E-state index in [-0.39, 0.29) is 18.1 Å². The summed E-state index contributed by atoms with van der Waals surface area (Å²) in [7, 11) is 0.